The van der Waals surface area contributed by atoms with Gasteiger partial charge in [0.05, 0.1) is 18.1 Å². The van der Waals surface area contributed by atoms with E-state index < -0.39 is 5.91 Å². The summed E-state index contributed by atoms with van der Waals surface area (Å²) < 4.78 is 0. The summed E-state index contributed by atoms with van der Waals surface area (Å²) in [6.45, 7) is 0.282. The van der Waals surface area contributed by atoms with Crippen LogP contribution < -0.4 is 0 Å². The molecule has 0 bridgehead atoms. The Balaban J connectivity index is 2.88. The van der Waals surface area contributed by atoms with Gasteiger partial charge in [0.25, 0.3) is 5.91 Å². The Morgan fingerprint density at radius 3 is 2.81 bits per heavy atom. The first-order valence-corrected chi connectivity index (χ1v) is 4.70. The van der Waals surface area contributed by atoms with Crippen LogP contribution in [-0.2, 0) is 0 Å². The van der Waals surface area contributed by atoms with Crippen LogP contribution in [0.2, 0.25) is 0 Å². The van der Waals surface area contributed by atoms with Crippen molar-refractivity contribution in [3.05, 3.63) is 23.8 Å². The lowest BCUT2D eigenvalue weighted by atomic mass is 10.1. The molecule has 0 saturated carbocycles. The van der Waals surface area contributed by atoms with Crippen molar-refractivity contribution in [2.24, 2.45) is 0 Å². The number of amides is 1. The predicted molar refractivity (Wildman–Crippen MR) is 57.0 cm³/mol. The van der Waals surface area contributed by atoms with Crippen molar-refractivity contribution in [2.75, 3.05) is 13.6 Å². The number of nitriles is 1. The molecule has 2 N–H and O–H groups in total. The lowest BCUT2D eigenvalue weighted by molar-refractivity contribution is 0.0794. The van der Waals surface area contributed by atoms with Gasteiger partial charge in [0.1, 0.15) is 11.5 Å². The van der Waals surface area contributed by atoms with E-state index in [4.69, 9.17) is 5.26 Å². The van der Waals surface area contributed by atoms with Crippen LogP contribution in [0, 0.1) is 11.3 Å². The molecule has 16 heavy (non-hydrogen) atoms. The Bertz CT molecular complexity index is 437. The Hall–Kier alpha value is -2.22. The molecule has 0 spiro atoms. The average molecular weight is 220 g/mol. The Morgan fingerprint density at radius 2 is 2.19 bits per heavy atom. The van der Waals surface area contributed by atoms with Crippen LogP contribution in [0.25, 0.3) is 0 Å². The van der Waals surface area contributed by atoms with Crippen molar-refractivity contribution in [1.82, 2.24) is 4.90 Å². The lowest BCUT2D eigenvalue weighted by Gasteiger charge is -2.16. The smallest absolute Gasteiger partial charge is 0.257 e. The number of carbonyl (C=O) groups excluding carboxylic acids is 1. The Morgan fingerprint density at radius 1 is 1.50 bits per heavy atom. The van der Waals surface area contributed by atoms with Gasteiger partial charge >= 0.3 is 0 Å². The summed E-state index contributed by atoms with van der Waals surface area (Å²) in [5.74, 6) is -0.704. The molecule has 0 atom stereocenters. The normalized spacial score (nSPS) is 9.50. The second-order valence-corrected chi connectivity index (χ2v) is 3.34. The van der Waals surface area contributed by atoms with E-state index in [1.54, 1.807) is 0 Å². The molecule has 0 aromatic heterocycles. The van der Waals surface area contributed by atoms with Gasteiger partial charge in [0.2, 0.25) is 0 Å². The van der Waals surface area contributed by atoms with Gasteiger partial charge in [-0.3, -0.25) is 4.79 Å². The molecule has 0 radical (unpaired) electrons. The number of carbonyl (C=O) groups is 1. The third kappa shape index (κ3) is 2.64. The third-order valence-corrected chi connectivity index (χ3v) is 2.12. The number of nitrogens with zero attached hydrogens (tertiary/aromatic N) is 2. The summed E-state index contributed by atoms with van der Waals surface area (Å²) >= 11 is 0. The topological polar surface area (TPSA) is 84.6 Å². The molecule has 1 aromatic carbocycles. The van der Waals surface area contributed by atoms with Gasteiger partial charge in [-0.05, 0) is 18.2 Å². The summed E-state index contributed by atoms with van der Waals surface area (Å²) in [7, 11) is 1.53. The second kappa shape index (κ2) is 5.03. The van der Waals surface area contributed by atoms with Gasteiger partial charge in [-0.1, -0.05) is 0 Å². The molecule has 0 aliphatic carbocycles. The minimum atomic E-state index is -0.427. The fraction of sp³-hybridized carbons (Fsp3) is 0.273. The quantitative estimate of drug-likeness (QED) is 0.746. The van der Waals surface area contributed by atoms with Crippen molar-refractivity contribution in [3.8, 4) is 17.6 Å². The van der Waals surface area contributed by atoms with Crippen molar-refractivity contribution in [2.45, 2.75) is 6.42 Å². The molecule has 0 heterocycles. The molecule has 0 aliphatic rings. The van der Waals surface area contributed by atoms with Crippen molar-refractivity contribution >= 4 is 5.91 Å². The zero-order chi connectivity index (χ0) is 12.1. The van der Waals surface area contributed by atoms with Crippen LogP contribution in [0.3, 0.4) is 0 Å². The van der Waals surface area contributed by atoms with Gasteiger partial charge in [-0.25, -0.2) is 0 Å². The zero-order valence-corrected chi connectivity index (χ0v) is 8.84. The molecule has 1 rings (SSSR count). The molecular formula is C11H12N2O3. The standard InChI is InChI=1S/C11H12N2O3/c1-13(6-2-5-12)11(16)9-7-8(14)3-4-10(9)15/h3-4,7,14-15H,2,6H2,1H3. The SMILES string of the molecule is CN(CCC#N)C(=O)c1cc(O)ccc1O. The van der Waals surface area contributed by atoms with Gasteiger partial charge in [0.15, 0.2) is 0 Å². The number of aromatic hydroxyl groups is 2. The van der Waals surface area contributed by atoms with Crippen LogP contribution in [0.4, 0.5) is 0 Å². The van der Waals surface area contributed by atoms with Crippen LogP contribution in [-0.4, -0.2) is 34.6 Å². The maximum Gasteiger partial charge on any atom is 0.257 e. The number of benzene rings is 1. The predicted octanol–water partition coefficient (Wildman–Crippen LogP) is 1.08. The number of hydrogen-bond acceptors (Lipinski definition) is 4. The van der Waals surface area contributed by atoms with Crippen molar-refractivity contribution in [1.29, 1.82) is 5.26 Å². The van der Waals surface area contributed by atoms with E-state index in [0.29, 0.717) is 0 Å². The molecule has 5 nitrogen and oxygen atoms in total. The van der Waals surface area contributed by atoms with Gasteiger partial charge < -0.3 is 15.1 Å². The molecule has 0 unspecified atom stereocenters. The molecule has 1 amide bonds. The first-order chi connectivity index (χ1) is 7.56. The van der Waals surface area contributed by atoms with Crippen LogP contribution in [0.15, 0.2) is 18.2 Å². The molecule has 84 valence electrons. The van der Waals surface area contributed by atoms with E-state index in [2.05, 4.69) is 0 Å². The molecular weight excluding hydrogens is 208 g/mol. The first kappa shape index (κ1) is 11.9. The fourth-order valence-electron chi connectivity index (χ4n) is 1.22. The maximum absolute atomic E-state index is 11.8. The summed E-state index contributed by atoms with van der Waals surface area (Å²) in [5.41, 5.74) is 0.0282. The highest BCUT2D eigenvalue weighted by atomic mass is 16.3. The minimum absolute atomic E-state index is 0.0282. The van der Waals surface area contributed by atoms with E-state index in [1.165, 1.54) is 30.1 Å². The summed E-state index contributed by atoms with van der Waals surface area (Å²) in [5, 5.41) is 27.1. The molecule has 0 aliphatic heterocycles. The van der Waals surface area contributed by atoms with Gasteiger partial charge in [-0.2, -0.15) is 5.26 Å². The minimum Gasteiger partial charge on any atom is -0.508 e. The monoisotopic (exact) mass is 220 g/mol. The number of phenolic OH excluding ortho intramolecular Hbond substituents is 2. The summed E-state index contributed by atoms with van der Waals surface area (Å²) in [6, 6.07) is 5.66. The molecule has 0 fully saturated rings. The largest absolute Gasteiger partial charge is 0.508 e. The van der Waals surface area contributed by atoms with Gasteiger partial charge in [-0.15, -0.1) is 0 Å². The highest BCUT2D eigenvalue weighted by molar-refractivity contribution is 5.97. The highest BCUT2D eigenvalue weighted by Gasteiger charge is 2.15. The average Bonchev–Trinajstić information content (AvgIpc) is 2.28. The van der Waals surface area contributed by atoms with Crippen LogP contribution in [0.1, 0.15) is 16.8 Å². The number of hydrogen-bond donors (Lipinski definition) is 2. The van der Waals surface area contributed by atoms with E-state index in [9.17, 15) is 15.0 Å². The first-order valence-electron chi connectivity index (χ1n) is 4.70. The Kier molecular flexibility index (Phi) is 3.72. The third-order valence-electron chi connectivity index (χ3n) is 2.12. The van der Waals surface area contributed by atoms with Crippen molar-refractivity contribution in [3.63, 3.8) is 0 Å². The van der Waals surface area contributed by atoms with Gasteiger partial charge in [0, 0.05) is 13.6 Å². The van der Waals surface area contributed by atoms with Crippen molar-refractivity contribution < 1.29 is 15.0 Å². The van der Waals surface area contributed by atoms with Crippen LogP contribution in [0.5, 0.6) is 11.5 Å². The Labute approximate surface area is 93.2 Å². The summed E-state index contributed by atoms with van der Waals surface area (Å²) in [4.78, 5) is 13.1. The lowest BCUT2D eigenvalue weighted by Crippen LogP contribution is -2.27. The highest BCUT2D eigenvalue weighted by Crippen LogP contribution is 2.23. The number of phenols is 2. The zero-order valence-electron chi connectivity index (χ0n) is 8.84. The molecule has 1 aromatic rings. The molecule has 5 heteroatoms. The molecule has 0 saturated heterocycles. The fourth-order valence-corrected chi connectivity index (χ4v) is 1.22. The van der Waals surface area contributed by atoms with E-state index in [1.807, 2.05) is 6.07 Å². The second-order valence-electron chi connectivity index (χ2n) is 3.34. The van der Waals surface area contributed by atoms with E-state index in [-0.39, 0.29) is 30.0 Å². The van der Waals surface area contributed by atoms with E-state index >= 15 is 0 Å². The summed E-state index contributed by atoms with van der Waals surface area (Å²) in [6.07, 6.45) is 0.224. The maximum atomic E-state index is 11.8. The number of rotatable bonds is 3. The van der Waals surface area contributed by atoms with Crippen LogP contribution >= 0.6 is 0 Å². The van der Waals surface area contributed by atoms with E-state index in [0.717, 1.165) is 0 Å².